The number of sulfonamides is 1. The zero-order valence-electron chi connectivity index (χ0n) is 14.1. The smallest absolute Gasteiger partial charge is 0.243 e. The summed E-state index contributed by atoms with van der Waals surface area (Å²) in [6, 6.07) is 8.92. The fourth-order valence-corrected chi connectivity index (χ4v) is 4.44. The average molecular weight is 473 g/mol. The van der Waals surface area contributed by atoms with Crippen molar-refractivity contribution in [3.63, 3.8) is 0 Å². The summed E-state index contributed by atoms with van der Waals surface area (Å²) < 4.78 is 28.1. The largest absolute Gasteiger partial charge is 0.376 e. The Morgan fingerprint density at radius 1 is 1.08 bits per heavy atom. The first kappa shape index (κ1) is 18.3. The molecule has 1 fully saturated rings. The molecule has 1 aliphatic rings. The van der Waals surface area contributed by atoms with Crippen LogP contribution in [0.25, 0.3) is 0 Å². The second-order valence-corrected chi connectivity index (χ2v) is 9.20. The van der Waals surface area contributed by atoms with Crippen LogP contribution in [0.5, 0.6) is 0 Å². The SMILES string of the molecule is CN(C)c1cnnc(N2CCN(S(=O)(=O)c3ccc(I)cc3)CC2)c1. The van der Waals surface area contributed by atoms with Gasteiger partial charge in [0.1, 0.15) is 0 Å². The predicted molar refractivity (Wildman–Crippen MR) is 106 cm³/mol. The zero-order chi connectivity index (χ0) is 18.0. The van der Waals surface area contributed by atoms with Gasteiger partial charge in [-0.05, 0) is 46.9 Å². The van der Waals surface area contributed by atoms with Gasteiger partial charge in [-0.3, -0.25) is 0 Å². The summed E-state index contributed by atoms with van der Waals surface area (Å²) in [6.07, 6.45) is 1.71. The van der Waals surface area contributed by atoms with Gasteiger partial charge in [-0.2, -0.15) is 9.40 Å². The number of benzene rings is 1. The van der Waals surface area contributed by atoms with Crippen LogP contribution in [-0.4, -0.2) is 63.2 Å². The lowest BCUT2D eigenvalue weighted by Crippen LogP contribution is -2.49. The van der Waals surface area contributed by atoms with E-state index >= 15 is 0 Å². The van der Waals surface area contributed by atoms with Crippen LogP contribution in [0.2, 0.25) is 0 Å². The summed E-state index contributed by atoms with van der Waals surface area (Å²) in [7, 11) is 0.455. The highest BCUT2D eigenvalue weighted by atomic mass is 127. The maximum atomic E-state index is 12.8. The fourth-order valence-electron chi connectivity index (χ4n) is 2.66. The number of nitrogens with zero attached hydrogens (tertiary/aromatic N) is 5. The standard InChI is InChI=1S/C16H20IN5O2S/c1-20(2)14-11-16(19-18-12-14)21-7-9-22(10-8-21)25(23,24)15-5-3-13(17)4-6-15/h3-6,11-12H,7-10H2,1-2H3. The molecule has 2 aromatic rings. The van der Waals surface area contributed by atoms with Crippen molar-refractivity contribution in [3.8, 4) is 0 Å². The second kappa shape index (κ2) is 7.42. The zero-order valence-corrected chi connectivity index (χ0v) is 17.1. The Hall–Kier alpha value is -1.46. The van der Waals surface area contributed by atoms with Crippen molar-refractivity contribution < 1.29 is 8.42 Å². The molecule has 1 aromatic heterocycles. The minimum atomic E-state index is -3.45. The average Bonchev–Trinajstić information content (AvgIpc) is 2.62. The Morgan fingerprint density at radius 2 is 1.72 bits per heavy atom. The number of aromatic nitrogens is 2. The van der Waals surface area contributed by atoms with E-state index < -0.39 is 10.0 Å². The summed E-state index contributed by atoms with van der Waals surface area (Å²) in [5.74, 6) is 0.775. The first-order valence-electron chi connectivity index (χ1n) is 7.88. The Morgan fingerprint density at radius 3 is 2.32 bits per heavy atom. The number of hydrogen-bond acceptors (Lipinski definition) is 6. The molecule has 9 heteroatoms. The number of halogens is 1. The normalized spacial score (nSPS) is 16.0. The van der Waals surface area contributed by atoms with Crippen molar-refractivity contribution in [3.05, 3.63) is 40.1 Å². The molecule has 1 saturated heterocycles. The highest BCUT2D eigenvalue weighted by molar-refractivity contribution is 14.1. The predicted octanol–water partition coefficient (Wildman–Crippen LogP) is 1.66. The lowest BCUT2D eigenvalue weighted by Gasteiger charge is -2.34. The molecule has 0 spiro atoms. The lowest BCUT2D eigenvalue weighted by atomic mass is 10.3. The summed E-state index contributed by atoms with van der Waals surface area (Å²) in [4.78, 5) is 4.38. The van der Waals surface area contributed by atoms with Crippen molar-refractivity contribution in [1.29, 1.82) is 0 Å². The maximum absolute atomic E-state index is 12.8. The molecule has 1 aromatic carbocycles. The van der Waals surface area contributed by atoms with Gasteiger partial charge in [-0.1, -0.05) is 0 Å². The van der Waals surface area contributed by atoms with Crippen molar-refractivity contribution in [2.75, 3.05) is 50.1 Å². The molecule has 2 heterocycles. The topological polar surface area (TPSA) is 69.6 Å². The summed E-state index contributed by atoms with van der Waals surface area (Å²) in [5, 5.41) is 8.22. The van der Waals surface area contributed by atoms with Crippen LogP contribution < -0.4 is 9.80 Å². The third-order valence-corrected chi connectivity index (χ3v) is 6.79. The molecule has 3 rings (SSSR count). The van der Waals surface area contributed by atoms with Gasteiger partial charge in [0.2, 0.25) is 10.0 Å². The van der Waals surface area contributed by atoms with Gasteiger partial charge in [0.05, 0.1) is 16.8 Å². The first-order valence-corrected chi connectivity index (χ1v) is 10.4. The lowest BCUT2D eigenvalue weighted by molar-refractivity contribution is 0.383. The highest BCUT2D eigenvalue weighted by Crippen LogP contribution is 2.22. The van der Waals surface area contributed by atoms with E-state index in [4.69, 9.17) is 0 Å². The minimum Gasteiger partial charge on any atom is -0.376 e. The summed E-state index contributed by atoms with van der Waals surface area (Å²) in [5.41, 5.74) is 0.971. The van der Waals surface area contributed by atoms with Crippen molar-refractivity contribution in [1.82, 2.24) is 14.5 Å². The van der Waals surface area contributed by atoms with E-state index in [1.165, 1.54) is 4.31 Å². The fraction of sp³-hybridized carbons (Fsp3) is 0.375. The van der Waals surface area contributed by atoms with Crippen LogP contribution in [-0.2, 0) is 10.0 Å². The number of rotatable bonds is 4. The molecule has 134 valence electrons. The van der Waals surface area contributed by atoms with E-state index in [2.05, 4.69) is 37.7 Å². The van der Waals surface area contributed by atoms with Crippen LogP contribution >= 0.6 is 22.6 Å². The van der Waals surface area contributed by atoms with E-state index in [9.17, 15) is 8.42 Å². The minimum absolute atomic E-state index is 0.343. The van der Waals surface area contributed by atoms with E-state index in [1.807, 2.05) is 37.2 Å². The molecule has 0 radical (unpaired) electrons. The van der Waals surface area contributed by atoms with Gasteiger partial charge >= 0.3 is 0 Å². The van der Waals surface area contributed by atoms with Gasteiger partial charge in [-0.15, -0.1) is 5.10 Å². The monoisotopic (exact) mass is 473 g/mol. The van der Waals surface area contributed by atoms with Gasteiger partial charge in [-0.25, -0.2) is 8.42 Å². The van der Waals surface area contributed by atoms with Crippen LogP contribution in [0.1, 0.15) is 0 Å². The van der Waals surface area contributed by atoms with E-state index in [0.29, 0.717) is 31.1 Å². The second-order valence-electron chi connectivity index (χ2n) is 6.01. The number of piperazine rings is 1. The summed E-state index contributed by atoms with van der Waals surface area (Å²) >= 11 is 2.16. The molecule has 0 saturated carbocycles. The molecule has 25 heavy (non-hydrogen) atoms. The van der Waals surface area contributed by atoms with Crippen molar-refractivity contribution in [2.24, 2.45) is 0 Å². The molecule has 0 N–H and O–H groups in total. The molecule has 0 amide bonds. The Kier molecular flexibility index (Phi) is 5.44. The Bertz CT molecular complexity index is 834. The van der Waals surface area contributed by atoms with Gasteiger partial charge < -0.3 is 9.80 Å². The van der Waals surface area contributed by atoms with Crippen molar-refractivity contribution in [2.45, 2.75) is 4.90 Å². The van der Waals surface area contributed by atoms with E-state index in [1.54, 1.807) is 18.3 Å². The molecule has 0 aliphatic carbocycles. The number of anilines is 2. The van der Waals surface area contributed by atoms with Crippen LogP contribution in [0.4, 0.5) is 11.5 Å². The third kappa shape index (κ3) is 4.04. The molecular weight excluding hydrogens is 453 g/mol. The molecule has 0 unspecified atom stereocenters. The highest BCUT2D eigenvalue weighted by Gasteiger charge is 2.29. The molecule has 0 atom stereocenters. The quantitative estimate of drug-likeness (QED) is 0.630. The molecule has 0 bridgehead atoms. The number of hydrogen-bond donors (Lipinski definition) is 0. The van der Waals surface area contributed by atoms with Crippen LogP contribution in [0.3, 0.4) is 0 Å². The Balaban J connectivity index is 1.71. The van der Waals surface area contributed by atoms with Gasteiger partial charge in [0.25, 0.3) is 0 Å². The molecule has 1 aliphatic heterocycles. The third-order valence-electron chi connectivity index (χ3n) is 4.16. The van der Waals surface area contributed by atoms with Gasteiger partial charge in [0, 0.05) is 49.9 Å². The van der Waals surface area contributed by atoms with Crippen LogP contribution in [0.15, 0.2) is 41.4 Å². The maximum Gasteiger partial charge on any atom is 0.243 e. The summed E-state index contributed by atoms with van der Waals surface area (Å²) in [6.45, 7) is 2.05. The van der Waals surface area contributed by atoms with Gasteiger partial charge in [0.15, 0.2) is 5.82 Å². The van der Waals surface area contributed by atoms with Crippen LogP contribution in [0, 0.1) is 3.57 Å². The van der Waals surface area contributed by atoms with E-state index in [-0.39, 0.29) is 0 Å². The molecule has 7 nitrogen and oxygen atoms in total. The first-order chi connectivity index (χ1) is 11.9. The Labute approximate surface area is 161 Å². The van der Waals surface area contributed by atoms with E-state index in [0.717, 1.165) is 15.1 Å². The van der Waals surface area contributed by atoms with Crippen molar-refractivity contribution >= 4 is 44.1 Å². The molecular formula is C16H20IN5O2S.